The summed E-state index contributed by atoms with van der Waals surface area (Å²) in [6.45, 7) is 7.22. The van der Waals surface area contributed by atoms with Crippen molar-refractivity contribution in [2.75, 3.05) is 19.6 Å². The van der Waals surface area contributed by atoms with E-state index in [0.29, 0.717) is 18.5 Å². The Morgan fingerprint density at radius 1 is 1.39 bits per heavy atom. The van der Waals surface area contributed by atoms with Crippen LogP contribution in [0.1, 0.15) is 46.0 Å². The van der Waals surface area contributed by atoms with Gasteiger partial charge >= 0.3 is 0 Å². The normalized spacial score (nSPS) is 37.7. The van der Waals surface area contributed by atoms with Gasteiger partial charge in [-0.3, -0.25) is 4.90 Å². The smallest absolute Gasteiger partial charge is 0.248 e. The Labute approximate surface area is 109 Å². The molecular formula is C14H26F2N2. The first-order valence-electron chi connectivity index (χ1n) is 7.35. The summed E-state index contributed by atoms with van der Waals surface area (Å²) in [7, 11) is 0. The summed E-state index contributed by atoms with van der Waals surface area (Å²) in [5, 5.41) is 3.48. The van der Waals surface area contributed by atoms with E-state index in [1.165, 1.54) is 0 Å². The van der Waals surface area contributed by atoms with Crippen molar-refractivity contribution in [1.82, 2.24) is 10.2 Å². The van der Waals surface area contributed by atoms with E-state index in [0.717, 1.165) is 32.5 Å². The molecule has 18 heavy (non-hydrogen) atoms. The van der Waals surface area contributed by atoms with Crippen molar-refractivity contribution < 1.29 is 8.78 Å². The largest absolute Gasteiger partial charge is 0.311 e. The van der Waals surface area contributed by atoms with Gasteiger partial charge in [0.15, 0.2) is 0 Å². The molecule has 4 heteroatoms. The van der Waals surface area contributed by atoms with Crippen molar-refractivity contribution >= 4 is 0 Å². The summed E-state index contributed by atoms with van der Waals surface area (Å²) in [5.41, 5.74) is 0. The second kappa shape index (κ2) is 5.83. The molecular weight excluding hydrogens is 234 g/mol. The zero-order valence-electron chi connectivity index (χ0n) is 11.6. The highest BCUT2D eigenvalue weighted by molar-refractivity contribution is 4.87. The van der Waals surface area contributed by atoms with Gasteiger partial charge in [-0.25, -0.2) is 8.78 Å². The molecule has 0 radical (unpaired) electrons. The minimum Gasteiger partial charge on any atom is -0.311 e. The molecule has 2 fully saturated rings. The number of nitrogens with zero attached hydrogens (tertiary/aromatic N) is 1. The second-order valence-corrected chi connectivity index (χ2v) is 6.14. The topological polar surface area (TPSA) is 15.3 Å². The van der Waals surface area contributed by atoms with Gasteiger partial charge in [0, 0.05) is 44.6 Å². The van der Waals surface area contributed by atoms with Crippen molar-refractivity contribution in [1.29, 1.82) is 0 Å². The predicted octanol–water partition coefficient (Wildman–Crippen LogP) is 2.88. The Morgan fingerprint density at radius 3 is 2.83 bits per heavy atom. The number of hydrogen-bond acceptors (Lipinski definition) is 2. The molecule has 0 aromatic carbocycles. The lowest BCUT2D eigenvalue weighted by molar-refractivity contribution is -0.0601. The SMILES string of the molecule is CCC1CNC(C)CN1CC1CCCC(F)(F)C1. The molecule has 0 aromatic heterocycles. The number of alkyl halides is 2. The van der Waals surface area contributed by atoms with Gasteiger partial charge in [-0.2, -0.15) is 0 Å². The predicted molar refractivity (Wildman–Crippen MR) is 70.0 cm³/mol. The summed E-state index contributed by atoms with van der Waals surface area (Å²) in [5.74, 6) is -2.22. The summed E-state index contributed by atoms with van der Waals surface area (Å²) in [6, 6.07) is 1.01. The minimum atomic E-state index is -2.41. The summed E-state index contributed by atoms with van der Waals surface area (Å²) < 4.78 is 26.9. The summed E-state index contributed by atoms with van der Waals surface area (Å²) >= 11 is 0. The standard InChI is InChI=1S/C14H26F2N2/c1-3-13-8-17-11(2)9-18(13)10-12-5-4-6-14(15,16)7-12/h11-13,17H,3-10H2,1-2H3. The Morgan fingerprint density at radius 2 is 2.17 bits per heavy atom. The lowest BCUT2D eigenvalue weighted by Crippen LogP contribution is -2.56. The van der Waals surface area contributed by atoms with Crippen LogP contribution in [0.4, 0.5) is 8.78 Å². The van der Waals surface area contributed by atoms with Gasteiger partial charge in [-0.1, -0.05) is 6.92 Å². The summed E-state index contributed by atoms with van der Waals surface area (Å²) in [4.78, 5) is 2.44. The minimum absolute atomic E-state index is 0.0959. The molecule has 1 aliphatic carbocycles. The van der Waals surface area contributed by atoms with E-state index in [1.54, 1.807) is 0 Å². The van der Waals surface area contributed by atoms with Gasteiger partial charge in [0.2, 0.25) is 5.92 Å². The van der Waals surface area contributed by atoms with Gasteiger partial charge in [0.25, 0.3) is 0 Å². The van der Waals surface area contributed by atoms with Crippen molar-refractivity contribution in [2.24, 2.45) is 5.92 Å². The van der Waals surface area contributed by atoms with E-state index in [2.05, 4.69) is 24.1 Å². The molecule has 1 aliphatic heterocycles. The highest BCUT2D eigenvalue weighted by atomic mass is 19.3. The van der Waals surface area contributed by atoms with Gasteiger partial charge in [-0.15, -0.1) is 0 Å². The molecule has 3 unspecified atom stereocenters. The molecule has 106 valence electrons. The number of nitrogens with one attached hydrogen (secondary N) is 1. The fraction of sp³-hybridized carbons (Fsp3) is 1.00. The van der Waals surface area contributed by atoms with Gasteiger partial charge in [-0.05, 0) is 32.1 Å². The van der Waals surface area contributed by atoms with E-state index >= 15 is 0 Å². The Hall–Kier alpha value is -0.220. The van der Waals surface area contributed by atoms with Crippen LogP contribution in [-0.4, -0.2) is 42.5 Å². The van der Waals surface area contributed by atoms with E-state index < -0.39 is 5.92 Å². The Bertz CT molecular complexity index is 271. The second-order valence-electron chi connectivity index (χ2n) is 6.14. The van der Waals surface area contributed by atoms with Crippen LogP contribution in [0, 0.1) is 5.92 Å². The monoisotopic (exact) mass is 260 g/mol. The van der Waals surface area contributed by atoms with Crippen LogP contribution >= 0.6 is 0 Å². The maximum Gasteiger partial charge on any atom is 0.248 e. The molecule has 0 aromatic rings. The van der Waals surface area contributed by atoms with Crippen LogP contribution in [0.15, 0.2) is 0 Å². The van der Waals surface area contributed by atoms with Gasteiger partial charge in [0.1, 0.15) is 0 Å². The fourth-order valence-corrected chi connectivity index (χ4v) is 3.42. The van der Waals surface area contributed by atoms with E-state index in [9.17, 15) is 8.78 Å². The highest BCUT2D eigenvalue weighted by Crippen LogP contribution is 2.37. The van der Waals surface area contributed by atoms with Crippen LogP contribution < -0.4 is 5.32 Å². The maximum absolute atomic E-state index is 13.4. The molecule has 3 atom stereocenters. The molecule has 1 heterocycles. The molecule has 0 amide bonds. The Kier molecular flexibility index (Phi) is 4.59. The third-order valence-corrected chi connectivity index (χ3v) is 4.43. The van der Waals surface area contributed by atoms with Crippen LogP contribution in [0.3, 0.4) is 0 Å². The lowest BCUT2D eigenvalue weighted by Gasteiger charge is -2.42. The van der Waals surface area contributed by atoms with E-state index in [4.69, 9.17) is 0 Å². The van der Waals surface area contributed by atoms with Crippen molar-refractivity contribution in [3.05, 3.63) is 0 Å². The van der Waals surface area contributed by atoms with Gasteiger partial charge in [0.05, 0.1) is 0 Å². The zero-order valence-corrected chi connectivity index (χ0v) is 11.6. The van der Waals surface area contributed by atoms with Crippen LogP contribution in [0.5, 0.6) is 0 Å². The van der Waals surface area contributed by atoms with Crippen LogP contribution in [-0.2, 0) is 0 Å². The van der Waals surface area contributed by atoms with E-state index in [-0.39, 0.29) is 18.8 Å². The number of rotatable bonds is 3. The number of halogens is 2. The number of piperazine rings is 1. The lowest BCUT2D eigenvalue weighted by atomic mass is 9.85. The third-order valence-electron chi connectivity index (χ3n) is 4.43. The fourth-order valence-electron chi connectivity index (χ4n) is 3.42. The zero-order chi connectivity index (χ0) is 13.2. The first-order chi connectivity index (χ1) is 8.50. The van der Waals surface area contributed by atoms with Gasteiger partial charge < -0.3 is 5.32 Å². The molecule has 2 aliphatic rings. The van der Waals surface area contributed by atoms with Crippen molar-refractivity contribution in [3.8, 4) is 0 Å². The summed E-state index contributed by atoms with van der Waals surface area (Å²) in [6.07, 6.45) is 2.96. The maximum atomic E-state index is 13.4. The quantitative estimate of drug-likeness (QED) is 0.839. The van der Waals surface area contributed by atoms with E-state index in [1.807, 2.05) is 0 Å². The Balaban J connectivity index is 1.90. The van der Waals surface area contributed by atoms with Crippen LogP contribution in [0.2, 0.25) is 0 Å². The molecule has 2 rings (SSSR count). The molecule has 1 saturated carbocycles. The average Bonchev–Trinajstić information content (AvgIpc) is 2.28. The molecule has 0 bridgehead atoms. The molecule has 0 spiro atoms. The highest BCUT2D eigenvalue weighted by Gasteiger charge is 2.37. The average molecular weight is 260 g/mol. The first-order valence-corrected chi connectivity index (χ1v) is 7.35. The third kappa shape index (κ3) is 3.64. The first kappa shape index (κ1) is 14.2. The molecule has 2 nitrogen and oxygen atoms in total. The molecule has 1 N–H and O–H groups in total. The van der Waals surface area contributed by atoms with Crippen LogP contribution in [0.25, 0.3) is 0 Å². The number of hydrogen-bond donors (Lipinski definition) is 1. The van der Waals surface area contributed by atoms with Crippen molar-refractivity contribution in [2.45, 2.75) is 64.0 Å². The van der Waals surface area contributed by atoms with Crippen molar-refractivity contribution in [3.63, 3.8) is 0 Å². The molecule has 1 saturated heterocycles.